The van der Waals surface area contributed by atoms with Crippen LogP contribution in [0, 0.1) is 6.92 Å². The molecule has 0 saturated heterocycles. The number of hydrogen-bond donors (Lipinski definition) is 1. The Morgan fingerprint density at radius 3 is 2.67 bits per heavy atom. The van der Waals surface area contributed by atoms with Crippen molar-refractivity contribution in [3.05, 3.63) is 77.2 Å². The van der Waals surface area contributed by atoms with Crippen LogP contribution in [0.3, 0.4) is 0 Å². The minimum Gasteiger partial charge on any atom is -0.361 e. The first kappa shape index (κ1) is 17.0. The van der Waals surface area contributed by atoms with Gasteiger partial charge in [-0.2, -0.15) is 0 Å². The maximum Gasteiger partial charge on any atom is 0.277 e. The highest BCUT2D eigenvalue weighted by atomic mass is 16.5. The van der Waals surface area contributed by atoms with Crippen molar-refractivity contribution in [2.45, 2.75) is 19.8 Å². The Labute approximate surface area is 156 Å². The summed E-state index contributed by atoms with van der Waals surface area (Å²) in [6.45, 7) is 2.42. The lowest BCUT2D eigenvalue weighted by Crippen LogP contribution is -2.35. The zero-order valence-corrected chi connectivity index (χ0v) is 14.9. The molecule has 0 atom stereocenters. The van der Waals surface area contributed by atoms with Crippen LogP contribution in [0.5, 0.6) is 0 Å². The zero-order valence-electron chi connectivity index (χ0n) is 14.9. The summed E-state index contributed by atoms with van der Waals surface area (Å²) >= 11 is 0. The van der Waals surface area contributed by atoms with Gasteiger partial charge >= 0.3 is 0 Å². The molecule has 6 heteroatoms. The molecule has 0 unspecified atom stereocenters. The quantitative estimate of drug-likeness (QED) is 0.769. The summed E-state index contributed by atoms with van der Waals surface area (Å²) in [6.07, 6.45) is 1.74. The van der Waals surface area contributed by atoms with Crippen LogP contribution in [0.4, 0.5) is 11.4 Å². The molecule has 2 aromatic carbocycles. The summed E-state index contributed by atoms with van der Waals surface area (Å²) in [4.78, 5) is 26.9. The highest BCUT2D eigenvalue weighted by Crippen LogP contribution is 2.31. The Morgan fingerprint density at radius 2 is 1.93 bits per heavy atom. The minimum atomic E-state index is -0.320. The fourth-order valence-electron chi connectivity index (χ4n) is 3.29. The predicted molar refractivity (Wildman–Crippen MR) is 102 cm³/mol. The molecule has 0 radical (unpaired) electrons. The number of aryl methyl sites for hydroxylation is 2. The van der Waals surface area contributed by atoms with E-state index in [0.717, 1.165) is 24.1 Å². The third kappa shape index (κ3) is 3.46. The van der Waals surface area contributed by atoms with E-state index in [1.807, 2.05) is 42.5 Å². The molecule has 27 heavy (non-hydrogen) atoms. The minimum absolute atomic E-state index is 0.00796. The van der Waals surface area contributed by atoms with Crippen molar-refractivity contribution in [2.75, 3.05) is 16.8 Å². The molecule has 0 bridgehead atoms. The van der Waals surface area contributed by atoms with Gasteiger partial charge in [0.2, 0.25) is 0 Å². The number of amides is 2. The number of nitrogens with one attached hydrogen (secondary N) is 1. The smallest absolute Gasteiger partial charge is 0.277 e. The summed E-state index contributed by atoms with van der Waals surface area (Å²) in [5.74, 6) is 0.256. The summed E-state index contributed by atoms with van der Waals surface area (Å²) in [6, 6.07) is 16.5. The van der Waals surface area contributed by atoms with E-state index in [1.165, 1.54) is 0 Å². The number of rotatable bonds is 3. The van der Waals surface area contributed by atoms with E-state index in [2.05, 4.69) is 10.5 Å². The molecule has 0 spiro atoms. The lowest BCUT2D eigenvalue weighted by molar-refractivity contribution is 0.0982. The van der Waals surface area contributed by atoms with Crippen LogP contribution in [-0.4, -0.2) is 23.5 Å². The van der Waals surface area contributed by atoms with Gasteiger partial charge < -0.3 is 14.7 Å². The van der Waals surface area contributed by atoms with Crippen molar-refractivity contribution < 1.29 is 14.1 Å². The number of carbonyl (C=O) groups excluding carboxylic acids is 2. The third-order valence-corrected chi connectivity index (χ3v) is 4.58. The number of aromatic nitrogens is 1. The summed E-state index contributed by atoms with van der Waals surface area (Å²) in [7, 11) is 0. The van der Waals surface area contributed by atoms with E-state index in [0.29, 0.717) is 23.6 Å². The van der Waals surface area contributed by atoms with E-state index in [1.54, 1.807) is 24.0 Å². The molecule has 1 N–H and O–H groups in total. The van der Waals surface area contributed by atoms with Gasteiger partial charge in [0.15, 0.2) is 5.69 Å². The lowest BCUT2D eigenvalue weighted by Gasteiger charge is -2.30. The first-order valence-corrected chi connectivity index (χ1v) is 8.86. The van der Waals surface area contributed by atoms with Crippen LogP contribution in [0.15, 0.2) is 59.1 Å². The highest BCUT2D eigenvalue weighted by Gasteiger charge is 2.24. The Bertz CT molecular complexity index is 995. The first-order valence-electron chi connectivity index (χ1n) is 8.86. The second kappa shape index (κ2) is 7.07. The molecule has 2 heterocycles. The van der Waals surface area contributed by atoms with Crippen molar-refractivity contribution in [3.8, 4) is 0 Å². The van der Waals surface area contributed by atoms with Gasteiger partial charge in [0.1, 0.15) is 5.76 Å². The summed E-state index contributed by atoms with van der Waals surface area (Å²) < 4.78 is 4.94. The molecule has 3 aromatic rings. The maximum atomic E-state index is 12.8. The van der Waals surface area contributed by atoms with Crippen molar-refractivity contribution >= 4 is 23.2 Å². The van der Waals surface area contributed by atoms with Crippen LogP contribution in [0.1, 0.15) is 38.6 Å². The van der Waals surface area contributed by atoms with Crippen molar-refractivity contribution in [3.63, 3.8) is 0 Å². The molecule has 6 nitrogen and oxygen atoms in total. The van der Waals surface area contributed by atoms with Crippen molar-refractivity contribution in [2.24, 2.45) is 0 Å². The van der Waals surface area contributed by atoms with Crippen molar-refractivity contribution in [1.29, 1.82) is 0 Å². The van der Waals surface area contributed by atoms with E-state index in [-0.39, 0.29) is 17.5 Å². The van der Waals surface area contributed by atoms with Gasteiger partial charge in [-0.1, -0.05) is 23.4 Å². The van der Waals surface area contributed by atoms with Crippen molar-refractivity contribution in [1.82, 2.24) is 5.16 Å². The maximum absolute atomic E-state index is 12.8. The molecule has 1 aliphatic heterocycles. The molecule has 2 amide bonds. The molecule has 1 aliphatic rings. The van der Waals surface area contributed by atoms with Crippen LogP contribution in [-0.2, 0) is 6.42 Å². The van der Waals surface area contributed by atoms with Crippen LogP contribution in [0.2, 0.25) is 0 Å². The molecule has 136 valence electrons. The summed E-state index contributed by atoms with van der Waals surface area (Å²) in [5.41, 5.74) is 3.52. The normalized spacial score (nSPS) is 13.1. The van der Waals surface area contributed by atoms with Crippen LogP contribution in [0.25, 0.3) is 0 Å². The van der Waals surface area contributed by atoms with Gasteiger partial charge in [0.25, 0.3) is 11.8 Å². The monoisotopic (exact) mass is 361 g/mol. The van der Waals surface area contributed by atoms with E-state index in [9.17, 15) is 9.59 Å². The Balaban J connectivity index is 1.56. The van der Waals surface area contributed by atoms with Gasteiger partial charge in [-0.05, 0) is 55.7 Å². The third-order valence-electron chi connectivity index (χ3n) is 4.58. The molecule has 1 aromatic heterocycles. The highest BCUT2D eigenvalue weighted by molar-refractivity contribution is 6.07. The second-order valence-corrected chi connectivity index (χ2v) is 6.55. The summed E-state index contributed by atoms with van der Waals surface area (Å²) in [5, 5.41) is 6.56. The Hall–Kier alpha value is -3.41. The number of benzene rings is 2. The van der Waals surface area contributed by atoms with Gasteiger partial charge in [-0.15, -0.1) is 0 Å². The van der Waals surface area contributed by atoms with Gasteiger partial charge in [-0.3, -0.25) is 9.59 Å². The molecule has 0 aliphatic carbocycles. The fraction of sp³-hybridized carbons (Fsp3) is 0.190. The van der Waals surface area contributed by atoms with E-state index in [4.69, 9.17) is 4.52 Å². The standard InChI is InChI=1S/C21H19N3O3/c1-14-12-18(23-27-14)20(25)22-17-9-10-19-16(13-17)8-5-11-24(19)21(26)15-6-3-2-4-7-15/h2-4,6-7,9-10,12-13H,5,8,11H2,1H3,(H,22,25). The number of nitrogens with zero attached hydrogens (tertiary/aromatic N) is 2. The lowest BCUT2D eigenvalue weighted by atomic mass is 10.00. The second-order valence-electron chi connectivity index (χ2n) is 6.55. The molecular formula is C21H19N3O3. The largest absolute Gasteiger partial charge is 0.361 e. The van der Waals surface area contributed by atoms with Gasteiger partial charge in [0.05, 0.1) is 0 Å². The van der Waals surface area contributed by atoms with Gasteiger partial charge in [0, 0.05) is 29.5 Å². The topological polar surface area (TPSA) is 75.4 Å². The molecule has 0 fully saturated rings. The number of anilines is 2. The Kier molecular flexibility index (Phi) is 4.46. The number of hydrogen-bond acceptors (Lipinski definition) is 4. The van der Waals surface area contributed by atoms with Crippen LogP contribution < -0.4 is 10.2 Å². The first-order chi connectivity index (χ1) is 13.1. The SMILES string of the molecule is Cc1cc(C(=O)Nc2ccc3c(c2)CCCN3C(=O)c2ccccc2)no1. The van der Waals surface area contributed by atoms with Gasteiger partial charge in [-0.25, -0.2) is 0 Å². The van der Waals surface area contributed by atoms with E-state index >= 15 is 0 Å². The Morgan fingerprint density at radius 1 is 1.11 bits per heavy atom. The average Bonchev–Trinajstić information content (AvgIpc) is 3.14. The average molecular weight is 361 g/mol. The fourth-order valence-corrected chi connectivity index (χ4v) is 3.29. The molecule has 4 rings (SSSR count). The van der Waals surface area contributed by atoms with E-state index < -0.39 is 0 Å². The van der Waals surface area contributed by atoms with Crippen LogP contribution >= 0.6 is 0 Å². The molecular weight excluding hydrogens is 342 g/mol. The number of fused-ring (bicyclic) bond motifs is 1. The predicted octanol–water partition coefficient (Wildman–Crippen LogP) is 3.83. The zero-order chi connectivity index (χ0) is 18.8. The number of carbonyl (C=O) groups is 2. The molecule has 0 saturated carbocycles.